The van der Waals surface area contributed by atoms with Crippen molar-refractivity contribution in [1.82, 2.24) is 0 Å². The van der Waals surface area contributed by atoms with Gasteiger partial charge in [0.25, 0.3) is 5.91 Å². The first-order chi connectivity index (χ1) is 11.0. The number of rotatable bonds is 2. The fraction of sp³-hybridized carbons (Fsp3) is 0.316. The van der Waals surface area contributed by atoms with Crippen molar-refractivity contribution in [3.05, 3.63) is 65.8 Å². The van der Waals surface area contributed by atoms with Crippen LogP contribution in [0.15, 0.2) is 60.2 Å². The van der Waals surface area contributed by atoms with Crippen LogP contribution in [0.2, 0.25) is 0 Å². The summed E-state index contributed by atoms with van der Waals surface area (Å²) in [6.07, 6.45) is 9.41. The van der Waals surface area contributed by atoms with E-state index in [1.54, 1.807) is 0 Å². The third kappa shape index (κ3) is 3.28. The molecule has 1 amide bonds. The number of hydrogen-bond acceptors (Lipinski definition) is 3. The van der Waals surface area contributed by atoms with Crippen LogP contribution in [0.4, 0.5) is 5.69 Å². The summed E-state index contributed by atoms with van der Waals surface area (Å²) in [5.41, 5.74) is 8.41. The SMILES string of the molecule is CC1(C)C=CC=CC(C2OC(CN)C(=O)Nc3ccccc32)=C1. The van der Waals surface area contributed by atoms with Gasteiger partial charge in [0.1, 0.15) is 12.2 Å². The predicted octanol–water partition coefficient (Wildman–Crippen LogP) is 3.10. The molecule has 1 aliphatic carbocycles. The molecule has 1 aromatic rings. The Hall–Kier alpha value is -2.17. The minimum atomic E-state index is -0.666. The number of allylic oxidation sites excluding steroid dienone is 4. The summed E-state index contributed by atoms with van der Waals surface area (Å²) in [6.45, 7) is 4.43. The van der Waals surface area contributed by atoms with Gasteiger partial charge in [0.15, 0.2) is 0 Å². The average Bonchev–Trinajstić information content (AvgIpc) is 2.78. The molecule has 2 atom stereocenters. The number of hydrogen-bond donors (Lipinski definition) is 2. The van der Waals surface area contributed by atoms with E-state index in [0.717, 1.165) is 16.8 Å². The van der Waals surface area contributed by atoms with Gasteiger partial charge >= 0.3 is 0 Å². The lowest BCUT2D eigenvalue weighted by molar-refractivity contribution is -0.128. The van der Waals surface area contributed by atoms with E-state index >= 15 is 0 Å². The summed E-state index contributed by atoms with van der Waals surface area (Å²) in [7, 11) is 0. The lowest BCUT2D eigenvalue weighted by Crippen LogP contribution is -2.36. The first-order valence-electron chi connectivity index (χ1n) is 7.84. The third-order valence-corrected chi connectivity index (χ3v) is 4.07. The molecule has 0 saturated carbocycles. The van der Waals surface area contributed by atoms with Gasteiger partial charge in [-0.05, 0) is 11.6 Å². The normalized spacial score (nSPS) is 25.9. The van der Waals surface area contributed by atoms with Gasteiger partial charge in [0.2, 0.25) is 0 Å². The van der Waals surface area contributed by atoms with E-state index in [-0.39, 0.29) is 24.0 Å². The zero-order valence-electron chi connectivity index (χ0n) is 13.5. The third-order valence-electron chi connectivity index (χ3n) is 4.07. The quantitative estimate of drug-likeness (QED) is 0.882. The molecular weight excluding hydrogens is 288 g/mol. The number of anilines is 1. The molecule has 1 heterocycles. The molecule has 0 fully saturated rings. The number of carbonyl (C=O) groups excluding carboxylic acids is 1. The van der Waals surface area contributed by atoms with Crippen LogP contribution in [0.1, 0.15) is 25.5 Å². The number of fused-ring (bicyclic) bond motifs is 1. The van der Waals surface area contributed by atoms with E-state index in [2.05, 4.69) is 31.3 Å². The van der Waals surface area contributed by atoms with E-state index in [1.165, 1.54) is 0 Å². The Bertz CT molecular complexity index is 701. The van der Waals surface area contributed by atoms with Crippen molar-refractivity contribution < 1.29 is 9.53 Å². The van der Waals surface area contributed by atoms with Crippen LogP contribution in [-0.4, -0.2) is 18.6 Å². The molecule has 1 aliphatic heterocycles. The Kier molecular flexibility index (Phi) is 4.20. The Morgan fingerprint density at radius 1 is 1.26 bits per heavy atom. The minimum absolute atomic E-state index is 0.0842. The van der Waals surface area contributed by atoms with E-state index in [4.69, 9.17) is 10.5 Å². The van der Waals surface area contributed by atoms with Crippen molar-refractivity contribution in [3.8, 4) is 0 Å². The topological polar surface area (TPSA) is 64.3 Å². The maximum Gasteiger partial charge on any atom is 0.254 e. The Morgan fingerprint density at radius 3 is 2.83 bits per heavy atom. The van der Waals surface area contributed by atoms with Crippen LogP contribution in [-0.2, 0) is 9.53 Å². The number of para-hydroxylation sites is 1. The van der Waals surface area contributed by atoms with Gasteiger partial charge in [0.05, 0.1) is 0 Å². The minimum Gasteiger partial charge on any atom is -0.354 e. The van der Waals surface area contributed by atoms with E-state index < -0.39 is 6.10 Å². The largest absolute Gasteiger partial charge is 0.354 e. The van der Waals surface area contributed by atoms with Crippen molar-refractivity contribution >= 4 is 11.6 Å². The number of benzene rings is 1. The van der Waals surface area contributed by atoms with Crippen molar-refractivity contribution in [2.24, 2.45) is 11.1 Å². The zero-order valence-corrected chi connectivity index (χ0v) is 13.5. The van der Waals surface area contributed by atoms with Crippen molar-refractivity contribution in [1.29, 1.82) is 0 Å². The summed E-state index contributed by atoms with van der Waals surface area (Å²) in [4.78, 5) is 12.3. The van der Waals surface area contributed by atoms with E-state index in [1.807, 2.05) is 42.5 Å². The number of nitrogens with one attached hydrogen (secondary N) is 1. The molecule has 3 N–H and O–H groups in total. The first-order valence-corrected chi connectivity index (χ1v) is 7.84. The van der Waals surface area contributed by atoms with Crippen LogP contribution in [0, 0.1) is 5.41 Å². The summed E-state index contributed by atoms with van der Waals surface area (Å²) < 4.78 is 6.10. The number of ether oxygens (including phenoxy) is 1. The van der Waals surface area contributed by atoms with E-state index in [0.29, 0.717) is 0 Å². The van der Waals surface area contributed by atoms with Crippen LogP contribution in [0.25, 0.3) is 0 Å². The molecule has 3 rings (SSSR count). The molecule has 2 unspecified atom stereocenters. The maximum atomic E-state index is 12.3. The molecule has 0 aromatic heterocycles. The highest BCUT2D eigenvalue weighted by Crippen LogP contribution is 2.38. The summed E-state index contributed by atoms with van der Waals surface area (Å²) in [5.74, 6) is -0.196. The lowest BCUT2D eigenvalue weighted by atomic mass is 9.88. The monoisotopic (exact) mass is 310 g/mol. The highest BCUT2D eigenvalue weighted by Gasteiger charge is 2.32. The molecule has 0 spiro atoms. The zero-order chi connectivity index (χ0) is 16.4. The van der Waals surface area contributed by atoms with Gasteiger partial charge in [-0.2, -0.15) is 0 Å². The number of nitrogens with two attached hydrogens (primary N) is 1. The second-order valence-corrected chi connectivity index (χ2v) is 6.50. The van der Waals surface area contributed by atoms with Crippen LogP contribution >= 0.6 is 0 Å². The Balaban J connectivity index is 2.09. The molecule has 0 bridgehead atoms. The average molecular weight is 310 g/mol. The van der Waals surface area contributed by atoms with Gasteiger partial charge in [-0.15, -0.1) is 0 Å². The molecule has 23 heavy (non-hydrogen) atoms. The molecule has 0 radical (unpaired) electrons. The van der Waals surface area contributed by atoms with Gasteiger partial charge in [-0.1, -0.05) is 62.4 Å². The molecule has 4 nitrogen and oxygen atoms in total. The lowest BCUT2D eigenvalue weighted by Gasteiger charge is -2.24. The molecular formula is C19H22N2O2. The smallest absolute Gasteiger partial charge is 0.254 e. The highest BCUT2D eigenvalue weighted by atomic mass is 16.5. The summed E-state index contributed by atoms with van der Waals surface area (Å²) in [5, 5.41) is 2.92. The van der Waals surface area contributed by atoms with Gasteiger partial charge in [0, 0.05) is 23.2 Å². The van der Waals surface area contributed by atoms with E-state index in [9.17, 15) is 4.79 Å². The highest BCUT2D eigenvalue weighted by molar-refractivity contribution is 5.95. The molecule has 2 aliphatic rings. The summed E-state index contributed by atoms with van der Waals surface area (Å²) >= 11 is 0. The van der Waals surface area contributed by atoms with Gasteiger partial charge < -0.3 is 15.8 Å². The Labute approximate surface area is 136 Å². The van der Waals surface area contributed by atoms with Crippen molar-refractivity contribution in [2.45, 2.75) is 26.1 Å². The van der Waals surface area contributed by atoms with Crippen molar-refractivity contribution in [3.63, 3.8) is 0 Å². The second-order valence-electron chi connectivity index (χ2n) is 6.50. The molecule has 120 valence electrons. The van der Waals surface area contributed by atoms with Crippen LogP contribution < -0.4 is 11.1 Å². The maximum absolute atomic E-state index is 12.3. The fourth-order valence-electron chi connectivity index (χ4n) is 2.93. The van der Waals surface area contributed by atoms with Gasteiger partial charge in [-0.25, -0.2) is 0 Å². The number of carbonyl (C=O) groups is 1. The fourth-order valence-corrected chi connectivity index (χ4v) is 2.93. The first kappa shape index (κ1) is 15.7. The van der Waals surface area contributed by atoms with Crippen LogP contribution in [0.5, 0.6) is 0 Å². The van der Waals surface area contributed by atoms with Gasteiger partial charge in [-0.3, -0.25) is 4.79 Å². The molecule has 0 saturated heterocycles. The second kappa shape index (κ2) is 6.14. The Morgan fingerprint density at radius 2 is 2.04 bits per heavy atom. The summed E-state index contributed by atoms with van der Waals surface area (Å²) in [6, 6.07) is 7.74. The predicted molar refractivity (Wildman–Crippen MR) is 91.9 cm³/mol. The standard InChI is InChI=1S/C19H22N2O2/c1-19(2)10-6-5-7-13(11-19)17-14-8-3-4-9-15(14)21-18(22)16(12-20)23-17/h3-11,16-17H,12,20H2,1-2H3,(H,21,22). The molecule has 1 aromatic carbocycles. The van der Waals surface area contributed by atoms with Crippen molar-refractivity contribution in [2.75, 3.05) is 11.9 Å². The molecule has 4 heteroatoms. The van der Waals surface area contributed by atoms with Crippen LogP contribution in [0.3, 0.4) is 0 Å². The number of amides is 1.